The van der Waals surface area contributed by atoms with Crippen LogP contribution in [0.25, 0.3) is 0 Å². The van der Waals surface area contributed by atoms with Crippen LogP contribution in [0.15, 0.2) is 18.2 Å². The summed E-state index contributed by atoms with van der Waals surface area (Å²) in [5.41, 5.74) is 0.576. The average molecular weight is 319 g/mol. The maximum absolute atomic E-state index is 11.9. The zero-order valence-corrected chi connectivity index (χ0v) is 13.1. The van der Waals surface area contributed by atoms with Crippen molar-refractivity contribution in [3.8, 4) is 0 Å². The SMILES string of the molecule is CCCCCNC(=O)c1ccc(Cl)c(NS(C)(=O)=O)c1. The monoisotopic (exact) mass is 318 g/mol. The number of benzene rings is 1. The summed E-state index contributed by atoms with van der Waals surface area (Å²) in [4.78, 5) is 11.9. The molecule has 0 saturated carbocycles. The molecule has 1 aromatic rings. The molecule has 0 spiro atoms. The summed E-state index contributed by atoms with van der Waals surface area (Å²) in [5, 5.41) is 3.03. The minimum Gasteiger partial charge on any atom is -0.352 e. The number of hydrogen-bond acceptors (Lipinski definition) is 3. The van der Waals surface area contributed by atoms with Crippen LogP contribution in [0.1, 0.15) is 36.5 Å². The summed E-state index contributed by atoms with van der Waals surface area (Å²) in [6, 6.07) is 4.49. The third-order valence-corrected chi connectivity index (χ3v) is 3.51. The van der Waals surface area contributed by atoms with Crippen molar-refractivity contribution in [2.75, 3.05) is 17.5 Å². The maximum atomic E-state index is 11.9. The molecule has 0 fully saturated rings. The van der Waals surface area contributed by atoms with E-state index in [1.165, 1.54) is 12.1 Å². The van der Waals surface area contributed by atoms with E-state index in [4.69, 9.17) is 11.6 Å². The molecule has 1 rings (SSSR count). The molecule has 0 saturated heterocycles. The zero-order valence-electron chi connectivity index (χ0n) is 11.6. The average Bonchev–Trinajstić information content (AvgIpc) is 2.35. The molecule has 0 bridgehead atoms. The van der Waals surface area contributed by atoms with Gasteiger partial charge in [-0.25, -0.2) is 8.42 Å². The number of rotatable bonds is 7. The van der Waals surface area contributed by atoms with Crippen LogP contribution in [0.2, 0.25) is 5.02 Å². The number of unbranched alkanes of at least 4 members (excludes halogenated alkanes) is 2. The molecule has 2 N–H and O–H groups in total. The highest BCUT2D eigenvalue weighted by Crippen LogP contribution is 2.23. The lowest BCUT2D eigenvalue weighted by Crippen LogP contribution is -2.24. The van der Waals surface area contributed by atoms with Gasteiger partial charge in [0, 0.05) is 12.1 Å². The highest BCUT2D eigenvalue weighted by molar-refractivity contribution is 7.92. The van der Waals surface area contributed by atoms with Gasteiger partial charge in [-0.1, -0.05) is 31.4 Å². The first kappa shape index (κ1) is 16.8. The molecule has 7 heteroatoms. The lowest BCUT2D eigenvalue weighted by atomic mass is 10.2. The topological polar surface area (TPSA) is 75.3 Å². The smallest absolute Gasteiger partial charge is 0.251 e. The number of nitrogens with one attached hydrogen (secondary N) is 2. The summed E-state index contributed by atoms with van der Waals surface area (Å²) in [5.74, 6) is -0.241. The number of anilines is 1. The Morgan fingerprint density at radius 3 is 2.60 bits per heavy atom. The van der Waals surface area contributed by atoms with Gasteiger partial charge in [0.15, 0.2) is 0 Å². The second-order valence-electron chi connectivity index (χ2n) is 4.53. The van der Waals surface area contributed by atoms with Crippen LogP contribution in [0.3, 0.4) is 0 Å². The van der Waals surface area contributed by atoms with E-state index in [-0.39, 0.29) is 16.6 Å². The predicted molar refractivity (Wildman–Crippen MR) is 81.8 cm³/mol. The minimum atomic E-state index is -3.43. The van der Waals surface area contributed by atoms with Crippen molar-refractivity contribution < 1.29 is 13.2 Å². The van der Waals surface area contributed by atoms with E-state index >= 15 is 0 Å². The van der Waals surface area contributed by atoms with Crippen molar-refractivity contribution in [2.45, 2.75) is 26.2 Å². The molecule has 112 valence electrons. The molecule has 1 aromatic carbocycles. The summed E-state index contributed by atoms with van der Waals surface area (Å²) >= 11 is 5.89. The van der Waals surface area contributed by atoms with Gasteiger partial charge in [0.2, 0.25) is 10.0 Å². The number of carbonyl (C=O) groups excluding carboxylic acids is 1. The molecule has 0 aromatic heterocycles. The number of halogens is 1. The normalized spacial score (nSPS) is 11.2. The molecule has 0 aliphatic rings. The van der Waals surface area contributed by atoms with Crippen molar-refractivity contribution in [2.24, 2.45) is 0 Å². The maximum Gasteiger partial charge on any atom is 0.251 e. The fourth-order valence-corrected chi connectivity index (χ4v) is 2.41. The van der Waals surface area contributed by atoms with Crippen LogP contribution in [0.5, 0.6) is 0 Å². The van der Waals surface area contributed by atoms with E-state index in [9.17, 15) is 13.2 Å². The van der Waals surface area contributed by atoms with Gasteiger partial charge in [0.1, 0.15) is 0 Å². The Kier molecular flexibility index (Phi) is 6.29. The Hall–Kier alpha value is -1.27. The van der Waals surface area contributed by atoms with E-state index in [1.54, 1.807) is 6.07 Å². The number of hydrogen-bond donors (Lipinski definition) is 2. The second-order valence-corrected chi connectivity index (χ2v) is 6.69. The molecule has 0 heterocycles. The van der Waals surface area contributed by atoms with Crippen molar-refractivity contribution in [1.29, 1.82) is 0 Å². The molecule has 0 unspecified atom stereocenters. The largest absolute Gasteiger partial charge is 0.352 e. The lowest BCUT2D eigenvalue weighted by molar-refractivity contribution is 0.0953. The molecule has 0 aliphatic carbocycles. The second kappa shape index (κ2) is 7.50. The van der Waals surface area contributed by atoms with Gasteiger partial charge in [-0.2, -0.15) is 0 Å². The van der Waals surface area contributed by atoms with Crippen LogP contribution >= 0.6 is 11.6 Å². The first-order chi connectivity index (χ1) is 9.33. The van der Waals surface area contributed by atoms with Crippen LogP contribution < -0.4 is 10.0 Å². The van der Waals surface area contributed by atoms with Crippen molar-refractivity contribution >= 4 is 33.2 Å². The Balaban J connectivity index is 2.76. The molecule has 0 radical (unpaired) electrons. The van der Waals surface area contributed by atoms with Crippen LogP contribution in [0, 0.1) is 0 Å². The quantitative estimate of drug-likeness (QED) is 0.759. The highest BCUT2D eigenvalue weighted by atomic mass is 35.5. The van der Waals surface area contributed by atoms with Gasteiger partial charge in [-0.3, -0.25) is 9.52 Å². The van der Waals surface area contributed by atoms with Crippen LogP contribution in [-0.4, -0.2) is 27.1 Å². The van der Waals surface area contributed by atoms with Gasteiger partial charge >= 0.3 is 0 Å². The third kappa shape index (κ3) is 5.79. The fraction of sp³-hybridized carbons (Fsp3) is 0.462. The molecular formula is C13H19ClN2O3S. The number of sulfonamides is 1. The lowest BCUT2D eigenvalue weighted by Gasteiger charge is -2.09. The first-order valence-corrected chi connectivity index (χ1v) is 8.66. The van der Waals surface area contributed by atoms with Crippen LogP contribution in [-0.2, 0) is 10.0 Å². The van der Waals surface area contributed by atoms with Gasteiger partial charge in [-0.05, 0) is 24.6 Å². The van der Waals surface area contributed by atoms with Crippen molar-refractivity contribution in [3.63, 3.8) is 0 Å². The van der Waals surface area contributed by atoms with Gasteiger partial charge in [0.05, 0.1) is 17.0 Å². The summed E-state index contributed by atoms with van der Waals surface area (Å²) < 4.78 is 24.7. The summed E-state index contributed by atoms with van der Waals surface area (Å²) in [6.07, 6.45) is 4.09. The standard InChI is InChI=1S/C13H19ClN2O3S/c1-3-4-5-8-15-13(17)10-6-7-11(14)12(9-10)16-20(2,18)19/h6-7,9,16H,3-5,8H2,1-2H3,(H,15,17). The summed E-state index contributed by atoms with van der Waals surface area (Å²) in [6.45, 7) is 2.69. The van der Waals surface area contributed by atoms with E-state index in [2.05, 4.69) is 17.0 Å². The van der Waals surface area contributed by atoms with Gasteiger partial charge in [0.25, 0.3) is 5.91 Å². The Labute approximate surface area is 124 Å². The molecule has 1 amide bonds. The van der Waals surface area contributed by atoms with Gasteiger partial charge in [-0.15, -0.1) is 0 Å². The van der Waals surface area contributed by atoms with Crippen molar-refractivity contribution in [3.05, 3.63) is 28.8 Å². The highest BCUT2D eigenvalue weighted by Gasteiger charge is 2.11. The molecular weight excluding hydrogens is 300 g/mol. The Bertz CT molecular complexity index is 573. The summed E-state index contributed by atoms with van der Waals surface area (Å²) in [7, 11) is -3.43. The molecule has 20 heavy (non-hydrogen) atoms. The molecule has 5 nitrogen and oxygen atoms in total. The van der Waals surface area contributed by atoms with E-state index < -0.39 is 10.0 Å². The first-order valence-electron chi connectivity index (χ1n) is 6.39. The van der Waals surface area contributed by atoms with E-state index in [1.807, 2.05) is 0 Å². The van der Waals surface area contributed by atoms with E-state index in [0.717, 1.165) is 25.5 Å². The minimum absolute atomic E-state index is 0.204. The third-order valence-electron chi connectivity index (χ3n) is 2.59. The molecule has 0 aliphatic heterocycles. The Morgan fingerprint density at radius 2 is 2.00 bits per heavy atom. The predicted octanol–water partition coefficient (Wildman–Crippen LogP) is 2.63. The van der Waals surface area contributed by atoms with E-state index in [0.29, 0.717) is 12.1 Å². The van der Waals surface area contributed by atoms with Crippen LogP contribution in [0.4, 0.5) is 5.69 Å². The number of amides is 1. The Morgan fingerprint density at radius 1 is 1.30 bits per heavy atom. The zero-order chi connectivity index (χ0) is 15.2. The number of carbonyl (C=O) groups is 1. The van der Waals surface area contributed by atoms with Gasteiger partial charge < -0.3 is 5.32 Å². The fourth-order valence-electron chi connectivity index (χ4n) is 1.62. The molecule has 0 atom stereocenters. The van der Waals surface area contributed by atoms with Crippen molar-refractivity contribution in [1.82, 2.24) is 5.32 Å².